The van der Waals surface area contributed by atoms with E-state index in [2.05, 4.69) is 5.32 Å². The summed E-state index contributed by atoms with van der Waals surface area (Å²) in [5.41, 5.74) is 0.687. The first-order chi connectivity index (χ1) is 8.65. The molecule has 1 fully saturated rings. The molecule has 0 aromatic heterocycles. The van der Waals surface area contributed by atoms with Crippen LogP contribution in [0.25, 0.3) is 0 Å². The molecule has 0 radical (unpaired) electrons. The van der Waals surface area contributed by atoms with Gasteiger partial charge in [-0.2, -0.15) is 0 Å². The highest BCUT2D eigenvalue weighted by atomic mass is 19.1. The molecule has 2 N–H and O–H groups in total. The largest absolute Gasteiger partial charge is 0.387 e. The number of hydrogen-bond donors (Lipinski definition) is 2. The molecule has 1 aliphatic rings. The van der Waals surface area contributed by atoms with Crippen molar-refractivity contribution in [2.45, 2.75) is 31.0 Å². The van der Waals surface area contributed by atoms with Gasteiger partial charge in [-0.25, -0.2) is 4.39 Å². The Bertz CT molecular complexity index is 370. The summed E-state index contributed by atoms with van der Waals surface area (Å²) in [6.07, 6.45) is 2.74. The van der Waals surface area contributed by atoms with Gasteiger partial charge in [0.05, 0.1) is 11.7 Å². The Morgan fingerprint density at radius 1 is 1.39 bits per heavy atom. The fraction of sp³-hybridized carbons (Fsp3) is 0.571. The average molecular weight is 253 g/mol. The van der Waals surface area contributed by atoms with Crippen LogP contribution in [-0.4, -0.2) is 30.9 Å². The van der Waals surface area contributed by atoms with Gasteiger partial charge in [0.15, 0.2) is 0 Å². The number of hydrogen-bond acceptors (Lipinski definition) is 3. The molecule has 1 aliphatic carbocycles. The number of halogens is 1. The minimum atomic E-state index is -0.611. The van der Waals surface area contributed by atoms with Gasteiger partial charge in [-0.3, -0.25) is 0 Å². The summed E-state index contributed by atoms with van der Waals surface area (Å²) in [5, 5.41) is 13.2. The van der Waals surface area contributed by atoms with E-state index in [9.17, 15) is 9.50 Å². The summed E-state index contributed by atoms with van der Waals surface area (Å²) in [6.45, 7) is 1.21. The average Bonchev–Trinajstić information content (AvgIpc) is 2.33. The molecule has 3 nitrogen and oxygen atoms in total. The van der Waals surface area contributed by atoms with Crippen LogP contribution in [0.3, 0.4) is 0 Å². The van der Waals surface area contributed by atoms with E-state index in [0.29, 0.717) is 6.54 Å². The molecule has 1 atom stereocenters. The maximum Gasteiger partial charge on any atom is 0.123 e. The van der Waals surface area contributed by atoms with Crippen molar-refractivity contribution in [1.82, 2.24) is 5.32 Å². The van der Waals surface area contributed by atoms with Gasteiger partial charge in [0, 0.05) is 20.2 Å². The van der Waals surface area contributed by atoms with Crippen molar-refractivity contribution in [3.63, 3.8) is 0 Å². The molecule has 0 aliphatic heterocycles. The standard InChI is InChI=1S/C14H20FNO2/c1-18-14(7-2-8-14)10-16-9-13(17)11-3-5-12(15)6-4-11/h3-6,13,16-17H,2,7-10H2,1H3. The molecule has 0 bridgehead atoms. The zero-order chi connectivity index (χ0) is 13.0. The summed E-state index contributed by atoms with van der Waals surface area (Å²) in [5.74, 6) is -0.285. The summed E-state index contributed by atoms with van der Waals surface area (Å²) in [4.78, 5) is 0. The SMILES string of the molecule is COC1(CNCC(O)c2ccc(F)cc2)CCC1. The highest BCUT2D eigenvalue weighted by molar-refractivity contribution is 5.18. The molecule has 0 saturated heterocycles. The predicted octanol–water partition coefficient (Wildman–Crippen LogP) is 2.02. The van der Waals surface area contributed by atoms with E-state index < -0.39 is 6.10 Å². The lowest BCUT2D eigenvalue weighted by atomic mass is 9.80. The first-order valence-corrected chi connectivity index (χ1v) is 6.35. The summed E-state index contributed by atoms with van der Waals surface area (Å²) >= 11 is 0. The van der Waals surface area contributed by atoms with Gasteiger partial charge in [0.25, 0.3) is 0 Å². The number of benzene rings is 1. The lowest BCUT2D eigenvalue weighted by Crippen LogP contribution is -2.48. The van der Waals surface area contributed by atoms with Crippen LogP contribution in [0.15, 0.2) is 24.3 Å². The number of nitrogens with one attached hydrogen (secondary N) is 1. The second-order valence-corrected chi connectivity index (χ2v) is 4.94. The first kappa shape index (κ1) is 13.5. The number of aliphatic hydroxyl groups is 1. The van der Waals surface area contributed by atoms with E-state index in [1.807, 2.05) is 0 Å². The van der Waals surface area contributed by atoms with Crippen LogP contribution in [0, 0.1) is 5.82 Å². The quantitative estimate of drug-likeness (QED) is 0.815. The van der Waals surface area contributed by atoms with Crippen LogP contribution >= 0.6 is 0 Å². The summed E-state index contributed by atoms with van der Waals surface area (Å²) in [7, 11) is 1.73. The minimum Gasteiger partial charge on any atom is -0.387 e. The van der Waals surface area contributed by atoms with Gasteiger partial charge >= 0.3 is 0 Å². The van der Waals surface area contributed by atoms with E-state index >= 15 is 0 Å². The molecular formula is C14H20FNO2. The van der Waals surface area contributed by atoms with Gasteiger partial charge in [0.1, 0.15) is 5.82 Å². The van der Waals surface area contributed by atoms with E-state index in [1.54, 1.807) is 19.2 Å². The van der Waals surface area contributed by atoms with Crippen LogP contribution in [-0.2, 0) is 4.74 Å². The van der Waals surface area contributed by atoms with Gasteiger partial charge < -0.3 is 15.2 Å². The summed E-state index contributed by atoms with van der Waals surface area (Å²) < 4.78 is 18.2. The third-order valence-electron chi connectivity index (χ3n) is 3.74. The van der Waals surface area contributed by atoms with Crippen molar-refractivity contribution in [3.05, 3.63) is 35.6 Å². The molecule has 0 spiro atoms. The van der Waals surface area contributed by atoms with Crippen LogP contribution in [0.2, 0.25) is 0 Å². The minimum absolute atomic E-state index is 0.0392. The van der Waals surface area contributed by atoms with E-state index in [-0.39, 0.29) is 11.4 Å². The highest BCUT2D eigenvalue weighted by Crippen LogP contribution is 2.34. The Hall–Kier alpha value is -0.970. The van der Waals surface area contributed by atoms with Crippen molar-refractivity contribution in [2.75, 3.05) is 20.2 Å². The van der Waals surface area contributed by atoms with E-state index in [1.165, 1.54) is 18.6 Å². The number of rotatable bonds is 6. The second-order valence-electron chi connectivity index (χ2n) is 4.94. The Balaban J connectivity index is 1.78. The lowest BCUT2D eigenvalue weighted by Gasteiger charge is -2.40. The molecule has 1 unspecified atom stereocenters. The topological polar surface area (TPSA) is 41.5 Å². The number of ether oxygens (including phenoxy) is 1. The van der Waals surface area contributed by atoms with Crippen molar-refractivity contribution in [2.24, 2.45) is 0 Å². The molecule has 18 heavy (non-hydrogen) atoms. The van der Waals surface area contributed by atoms with E-state index in [0.717, 1.165) is 24.9 Å². The molecular weight excluding hydrogens is 233 g/mol. The van der Waals surface area contributed by atoms with Crippen molar-refractivity contribution < 1.29 is 14.2 Å². The number of aliphatic hydroxyl groups excluding tert-OH is 1. The normalized spacial score (nSPS) is 19.3. The van der Waals surface area contributed by atoms with Crippen LogP contribution in [0.5, 0.6) is 0 Å². The Morgan fingerprint density at radius 3 is 2.56 bits per heavy atom. The summed E-state index contributed by atoms with van der Waals surface area (Å²) in [6, 6.07) is 5.94. The maximum absolute atomic E-state index is 12.7. The fourth-order valence-electron chi connectivity index (χ4n) is 2.26. The maximum atomic E-state index is 12.7. The second kappa shape index (κ2) is 5.78. The molecule has 4 heteroatoms. The van der Waals surface area contributed by atoms with Crippen molar-refractivity contribution in [1.29, 1.82) is 0 Å². The van der Waals surface area contributed by atoms with Gasteiger partial charge in [-0.1, -0.05) is 12.1 Å². The highest BCUT2D eigenvalue weighted by Gasteiger charge is 2.36. The smallest absolute Gasteiger partial charge is 0.123 e. The van der Waals surface area contributed by atoms with Gasteiger partial charge in [0.2, 0.25) is 0 Å². The van der Waals surface area contributed by atoms with Crippen LogP contribution in [0.4, 0.5) is 4.39 Å². The molecule has 0 amide bonds. The van der Waals surface area contributed by atoms with Crippen LogP contribution in [0.1, 0.15) is 30.9 Å². The third-order valence-corrected chi connectivity index (χ3v) is 3.74. The fourth-order valence-corrected chi connectivity index (χ4v) is 2.26. The monoisotopic (exact) mass is 253 g/mol. The zero-order valence-electron chi connectivity index (χ0n) is 10.7. The zero-order valence-corrected chi connectivity index (χ0v) is 10.7. The third kappa shape index (κ3) is 3.07. The molecule has 2 rings (SSSR count). The Morgan fingerprint density at radius 2 is 2.06 bits per heavy atom. The lowest BCUT2D eigenvalue weighted by molar-refractivity contribution is -0.0703. The predicted molar refractivity (Wildman–Crippen MR) is 67.8 cm³/mol. The van der Waals surface area contributed by atoms with Crippen molar-refractivity contribution in [3.8, 4) is 0 Å². The van der Waals surface area contributed by atoms with Crippen molar-refractivity contribution >= 4 is 0 Å². The first-order valence-electron chi connectivity index (χ1n) is 6.35. The molecule has 1 aromatic rings. The molecule has 1 aromatic carbocycles. The Kier molecular flexibility index (Phi) is 4.32. The van der Waals surface area contributed by atoms with Crippen LogP contribution < -0.4 is 5.32 Å². The molecule has 0 heterocycles. The number of methoxy groups -OCH3 is 1. The van der Waals surface area contributed by atoms with E-state index in [4.69, 9.17) is 4.74 Å². The Labute approximate surface area is 107 Å². The molecule has 1 saturated carbocycles. The molecule has 100 valence electrons. The van der Waals surface area contributed by atoms with Gasteiger partial charge in [-0.15, -0.1) is 0 Å². The van der Waals surface area contributed by atoms with Gasteiger partial charge in [-0.05, 0) is 37.0 Å².